The molecular weight excluding hydrogens is 301 g/mol. The largest absolute Gasteiger partial charge is 0.387 e. The van der Waals surface area contributed by atoms with E-state index in [1.807, 2.05) is 0 Å². The molecule has 2 rings (SSSR count). The van der Waals surface area contributed by atoms with Crippen LogP contribution in [0.5, 0.6) is 0 Å². The van der Waals surface area contributed by atoms with Crippen LogP contribution in [0.15, 0.2) is 29.7 Å². The Hall–Kier alpha value is -1.07. The maximum Gasteiger partial charge on any atom is 0.166 e. The summed E-state index contributed by atoms with van der Waals surface area (Å²) in [6, 6.07) is 0. The molecule has 0 radical (unpaired) electrons. The molecule has 6 nitrogen and oxygen atoms in total. The maximum absolute atomic E-state index is 10.7. The van der Waals surface area contributed by atoms with Crippen LogP contribution in [0.2, 0.25) is 0 Å². The zero-order valence-electron chi connectivity index (χ0n) is 13.4. The molecule has 2 aliphatic heterocycles. The molecule has 1 fully saturated rings. The standard InChI is InChI=1S/C15H26N3O3P/c1-10-17-12(16)6-8-18(10)14-15(2,20)13(19)11(21-14)7-9-22(3,4)5/h6,8,11,13-14,19-20H,1,3,7,9H2,2,4-5H3,(H2,16,17)/t11?,13-,14-,15-/m1/s1. The van der Waals surface area contributed by atoms with Crippen molar-refractivity contribution in [3.05, 3.63) is 24.7 Å². The van der Waals surface area contributed by atoms with Gasteiger partial charge in [-0.15, -0.1) is 13.2 Å². The van der Waals surface area contributed by atoms with Crippen LogP contribution >= 0.6 is 6.89 Å². The first-order chi connectivity index (χ1) is 10.0. The lowest BCUT2D eigenvalue weighted by Gasteiger charge is -2.35. The molecule has 7 heteroatoms. The monoisotopic (exact) mass is 327 g/mol. The van der Waals surface area contributed by atoms with E-state index in [2.05, 4.69) is 31.2 Å². The number of aliphatic imine (C=N–C) groups is 1. The van der Waals surface area contributed by atoms with Gasteiger partial charge < -0.3 is 25.6 Å². The van der Waals surface area contributed by atoms with Gasteiger partial charge in [-0.2, -0.15) is 0 Å². The minimum absolute atomic E-state index is 0.347. The van der Waals surface area contributed by atoms with Crippen molar-refractivity contribution in [2.45, 2.75) is 37.4 Å². The maximum atomic E-state index is 10.7. The Morgan fingerprint density at radius 3 is 2.73 bits per heavy atom. The Balaban J connectivity index is 2.15. The molecule has 0 aromatic heterocycles. The number of nitrogens with two attached hydrogens (primary N) is 1. The van der Waals surface area contributed by atoms with E-state index in [1.165, 1.54) is 0 Å². The smallest absolute Gasteiger partial charge is 0.166 e. The van der Waals surface area contributed by atoms with Crippen LogP contribution in [0.25, 0.3) is 0 Å². The normalized spacial score (nSPS) is 35.9. The van der Waals surface area contributed by atoms with Crippen molar-refractivity contribution in [3.8, 4) is 0 Å². The van der Waals surface area contributed by atoms with E-state index < -0.39 is 30.9 Å². The van der Waals surface area contributed by atoms with E-state index >= 15 is 0 Å². The van der Waals surface area contributed by atoms with E-state index in [9.17, 15) is 10.2 Å². The Morgan fingerprint density at radius 1 is 1.55 bits per heavy atom. The molecule has 124 valence electrons. The van der Waals surface area contributed by atoms with E-state index in [-0.39, 0.29) is 0 Å². The Morgan fingerprint density at radius 2 is 2.18 bits per heavy atom. The average molecular weight is 327 g/mol. The van der Waals surface area contributed by atoms with Gasteiger partial charge in [-0.25, -0.2) is 4.99 Å². The average Bonchev–Trinajstić information content (AvgIpc) is 2.59. The van der Waals surface area contributed by atoms with Crippen molar-refractivity contribution < 1.29 is 14.9 Å². The lowest BCUT2D eigenvalue weighted by molar-refractivity contribution is -0.109. The molecular formula is C15H26N3O3P. The van der Waals surface area contributed by atoms with Crippen LogP contribution in [0.3, 0.4) is 0 Å². The number of aliphatic hydroxyl groups excluding tert-OH is 1. The van der Waals surface area contributed by atoms with Crippen LogP contribution in [0.1, 0.15) is 13.3 Å². The summed E-state index contributed by atoms with van der Waals surface area (Å²) in [5.41, 5.74) is 4.20. The Bertz CT molecular complexity index is 564. The van der Waals surface area contributed by atoms with Gasteiger partial charge in [0.05, 0.1) is 6.10 Å². The number of hydrogen-bond donors (Lipinski definition) is 3. The summed E-state index contributed by atoms with van der Waals surface area (Å²) in [6.45, 7) is 8.44. The molecule has 0 amide bonds. The minimum Gasteiger partial charge on any atom is -0.387 e. The number of amidine groups is 1. The highest BCUT2D eigenvalue weighted by atomic mass is 31.2. The third-order valence-electron chi connectivity index (χ3n) is 3.99. The number of rotatable bonds is 4. The molecule has 22 heavy (non-hydrogen) atoms. The van der Waals surface area contributed by atoms with Crippen molar-refractivity contribution in [2.75, 3.05) is 19.5 Å². The molecule has 4 N–H and O–H groups in total. The summed E-state index contributed by atoms with van der Waals surface area (Å²) >= 11 is 0. The predicted octanol–water partition coefficient (Wildman–Crippen LogP) is 0.580. The quantitative estimate of drug-likeness (QED) is 0.657. The highest BCUT2D eigenvalue weighted by molar-refractivity contribution is 7.72. The summed E-state index contributed by atoms with van der Waals surface area (Å²) in [7, 11) is 0. The zero-order chi connectivity index (χ0) is 16.7. The van der Waals surface area contributed by atoms with Crippen molar-refractivity contribution in [1.29, 1.82) is 0 Å². The second-order valence-corrected chi connectivity index (χ2v) is 11.1. The van der Waals surface area contributed by atoms with E-state index in [1.54, 1.807) is 24.1 Å². The van der Waals surface area contributed by atoms with Crippen LogP contribution in [0, 0.1) is 0 Å². The zero-order valence-corrected chi connectivity index (χ0v) is 14.3. The van der Waals surface area contributed by atoms with Crippen LogP contribution in [-0.4, -0.2) is 70.8 Å². The number of nitrogens with zero attached hydrogens (tertiary/aromatic N) is 2. The first-order valence-corrected chi connectivity index (χ1v) is 10.3. The summed E-state index contributed by atoms with van der Waals surface area (Å²) in [4.78, 5) is 5.67. The molecule has 2 aliphatic rings. The van der Waals surface area contributed by atoms with Gasteiger partial charge in [0, 0.05) is 6.20 Å². The molecule has 0 aromatic rings. The fraction of sp³-hybridized carbons (Fsp3) is 0.600. The Labute approximate surface area is 131 Å². The van der Waals surface area contributed by atoms with Crippen molar-refractivity contribution in [2.24, 2.45) is 10.7 Å². The third kappa shape index (κ3) is 3.46. The lowest BCUT2D eigenvalue weighted by Crippen LogP contribution is -2.51. The summed E-state index contributed by atoms with van der Waals surface area (Å²) < 4.78 is 5.92. The van der Waals surface area contributed by atoms with Crippen LogP contribution in [-0.2, 0) is 4.74 Å². The second kappa shape index (κ2) is 5.85. The summed E-state index contributed by atoms with van der Waals surface area (Å²) in [6.07, 6.45) is 6.82. The molecule has 1 unspecified atom stereocenters. The van der Waals surface area contributed by atoms with Crippen LogP contribution in [0.4, 0.5) is 0 Å². The number of aliphatic hydroxyl groups is 2. The fourth-order valence-electron chi connectivity index (χ4n) is 2.65. The second-order valence-electron chi connectivity index (χ2n) is 6.82. The van der Waals surface area contributed by atoms with Crippen LogP contribution < -0.4 is 5.73 Å². The molecule has 0 spiro atoms. The lowest BCUT2D eigenvalue weighted by atomic mass is 9.95. The first-order valence-electron chi connectivity index (χ1n) is 7.25. The first kappa shape index (κ1) is 17.3. The fourth-order valence-corrected chi connectivity index (χ4v) is 3.60. The van der Waals surface area contributed by atoms with Crippen molar-refractivity contribution in [1.82, 2.24) is 4.90 Å². The van der Waals surface area contributed by atoms with Gasteiger partial charge in [0.2, 0.25) is 0 Å². The van der Waals surface area contributed by atoms with Crippen molar-refractivity contribution >= 4 is 19.0 Å². The van der Waals surface area contributed by atoms with E-state index in [4.69, 9.17) is 10.5 Å². The highest BCUT2D eigenvalue weighted by Gasteiger charge is 2.54. The van der Waals surface area contributed by atoms with Gasteiger partial charge in [0.1, 0.15) is 23.4 Å². The molecule has 0 saturated carbocycles. The molecule has 0 aliphatic carbocycles. The number of ether oxygens (including phenoxy) is 1. The van der Waals surface area contributed by atoms with E-state index in [0.29, 0.717) is 18.1 Å². The van der Waals surface area contributed by atoms with Gasteiger partial charge in [0.15, 0.2) is 6.23 Å². The van der Waals surface area contributed by atoms with Crippen molar-refractivity contribution in [3.63, 3.8) is 0 Å². The SMILES string of the molecule is C=C1N=C(N)C=CN1[C@@H]1OC(CCP(=C)(C)C)[C@@H](O)[C@@]1(C)O. The molecule has 1 saturated heterocycles. The van der Waals surface area contributed by atoms with Gasteiger partial charge in [-0.3, -0.25) is 0 Å². The van der Waals surface area contributed by atoms with Gasteiger partial charge in [0.25, 0.3) is 0 Å². The van der Waals surface area contributed by atoms with Gasteiger partial charge in [-0.1, -0.05) is 6.58 Å². The third-order valence-corrected chi connectivity index (χ3v) is 5.46. The topological polar surface area (TPSA) is 91.3 Å². The van der Waals surface area contributed by atoms with E-state index in [0.717, 1.165) is 6.16 Å². The Kier molecular flexibility index (Phi) is 4.60. The minimum atomic E-state index is -1.43. The van der Waals surface area contributed by atoms with Gasteiger partial charge >= 0.3 is 0 Å². The number of hydrogen-bond acceptors (Lipinski definition) is 6. The molecule has 0 aromatic carbocycles. The van der Waals surface area contributed by atoms with Gasteiger partial charge in [-0.05, 0) is 38.9 Å². The summed E-state index contributed by atoms with van der Waals surface area (Å²) in [5, 5.41) is 21.1. The predicted molar refractivity (Wildman–Crippen MR) is 92.4 cm³/mol. The highest BCUT2D eigenvalue weighted by Crippen LogP contribution is 2.41. The molecule has 0 bridgehead atoms. The molecule has 4 atom stereocenters. The molecule has 2 heterocycles. The summed E-state index contributed by atoms with van der Waals surface area (Å²) in [5.74, 6) is 0.725.